The molecule has 1 aromatic carbocycles. The van der Waals surface area contributed by atoms with Gasteiger partial charge in [0.15, 0.2) is 0 Å². The molecule has 0 spiro atoms. The standard InChI is InChI=1S/C16H18N2O3/c1-11-15(12(2)21-17-11)16(19)18-8-9-20-14(10-18)13-6-4-3-5-7-13/h3-7,14H,8-10H2,1-2H3. The third-order valence-corrected chi connectivity index (χ3v) is 3.77. The van der Waals surface area contributed by atoms with E-state index in [9.17, 15) is 4.79 Å². The number of carbonyl (C=O) groups excluding carboxylic acids is 1. The first kappa shape index (κ1) is 13.8. The zero-order valence-corrected chi connectivity index (χ0v) is 12.2. The number of nitrogens with zero attached hydrogens (tertiary/aromatic N) is 2. The van der Waals surface area contributed by atoms with Gasteiger partial charge in [-0.05, 0) is 19.4 Å². The summed E-state index contributed by atoms with van der Waals surface area (Å²) in [5.41, 5.74) is 2.30. The highest BCUT2D eigenvalue weighted by Gasteiger charge is 2.29. The summed E-state index contributed by atoms with van der Waals surface area (Å²) in [4.78, 5) is 14.5. The second kappa shape index (κ2) is 5.69. The van der Waals surface area contributed by atoms with Crippen molar-refractivity contribution < 1.29 is 14.1 Å². The highest BCUT2D eigenvalue weighted by Crippen LogP contribution is 2.24. The van der Waals surface area contributed by atoms with Crippen LogP contribution < -0.4 is 0 Å². The van der Waals surface area contributed by atoms with Crippen LogP contribution >= 0.6 is 0 Å². The molecule has 21 heavy (non-hydrogen) atoms. The van der Waals surface area contributed by atoms with Crippen LogP contribution in [0.2, 0.25) is 0 Å². The Hall–Kier alpha value is -2.14. The van der Waals surface area contributed by atoms with Gasteiger partial charge in [0.05, 0.1) is 18.8 Å². The van der Waals surface area contributed by atoms with Gasteiger partial charge in [-0.1, -0.05) is 35.5 Å². The number of amides is 1. The average Bonchev–Trinajstić information content (AvgIpc) is 2.86. The maximum absolute atomic E-state index is 12.6. The summed E-state index contributed by atoms with van der Waals surface area (Å²) in [6.45, 7) is 5.23. The van der Waals surface area contributed by atoms with Gasteiger partial charge >= 0.3 is 0 Å². The largest absolute Gasteiger partial charge is 0.370 e. The summed E-state index contributed by atoms with van der Waals surface area (Å²) in [6.07, 6.45) is -0.0793. The molecule has 1 aliphatic rings. The van der Waals surface area contributed by atoms with Crippen molar-refractivity contribution >= 4 is 5.91 Å². The molecule has 0 N–H and O–H groups in total. The Labute approximate surface area is 123 Å². The van der Waals surface area contributed by atoms with Crippen molar-refractivity contribution in [1.29, 1.82) is 0 Å². The minimum atomic E-state index is -0.0793. The monoisotopic (exact) mass is 286 g/mol. The molecular weight excluding hydrogens is 268 g/mol. The molecule has 0 saturated carbocycles. The Balaban J connectivity index is 1.79. The van der Waals surface area contributed by atoms with Crippen molar-refractivity contribution in [3.05, 3.63) is 52.9 Å². The molecule has 2 aromatic rings. The molecule has 0 radical (unpaired) electrons. The van der Waals surface area contributed by atoms with E-state index in [1.54, 1.807) is 13.8 Å². The Kier molecular flexibility index (Phi) is 3.75. The SMILES string of the molecule is Cc1noc(C)c1C(=O)N1CCOC(c2ccccc2)C1. The summed E-state index contributed by atoms with van der Waals surface area (Å²) < 4.78 is 10.9. The number of benzene rings is 1. The number of morpholine rings is 1. The van der Waals surface area contributed by atoms with Gasteiger partial charge in [-0.15, -0.1) is 0 Å². The lowest BCUT2D eigenvalue weighted by molar-refractivity contribution is -0.0229. The molecule has 5 heteroatoms. The second-order valence-corrected chi connectivity index (χ2v) is 5.22. The number of carbonyl (C=O) groups is 1. The molecular formula is C16H18N2O3. The maximum Gasteiger partial charge on any atom is 0.259 e. The van der Waals surface area contributed by atoms with Crippen molar-refractivity contribution in [2.24, 2.45) is 0 Å². The molecule has 1 unspecified atom stereocenters. The van der Waals surface area contributed by atoms with E-state index in [1.165, 1.54) is 0 Å². The first-order valence-corrected chi connectivity index (χ1v) is 7.05. The van der Waals surface area contributed by atoms with E-state index in [4.69, 9.17) is 9.26 Å². The molecule has 2 heterocycles. The maximum atomic E-state index is 12.6. The van der Waals surface area contributed by atoms with Gasteiger partial charge in [-0.25, -0.2) is 0 Å². The summed E-state index contributed by atoms with van der Waals surface area (Å²) in [5, 5.41) is 3.86. The first-order chi connectivity index (χ1) is 10.2. The van der Waals surface area contributed by atoms with Crippen LogP contribution in [0.5, 0.6) is 0 Å². The van der Waals surface area contributed by atoms with Gasteiger partial charge < -0.3 is 14.2 Å². The molecule has 5 nitrogen and oxygen atoms in total. The lowest BCUT2D eigenvalue weighted by Gasteiger charge is -2.33. The van der Waals surface area contributed by atoms with E-state index in [0.29, 0.717) is 36.7 Å². The Bertz CT molecular complexity index is 617. The molecule has 3 rings (SSSR count). The van der Waals surface area contributed by atoms with Crippen molar-refractivity contribution in [2.75, 3.05) is 19.7 Å². The molecule has 1 aliphatic heterocycles. The van der Waals surface area contributed by atoms with Crippen LogP contribution in [0.4, 0.5) is 0 Å². The summed E-state index contributed by atoms with van der Waals surface area (Å²) in [6, 6.07) is 9.98. The number of ether oxygens (including phenoxy) is 1. The van der Waals surface area contributed by atoms with Crippen molar-refractivity contribution in [1.82, 2.24) is 10.1 Å². The lowest BCUT2D eigenvalue weighted by Crippen LogP contribution is -2.42. The molecule has 0 aliphatic carbocycles. The van der Waals surface area contributed by atoms with Crippen LogP contribution in [-0.4, -0.2) is 35.7 Å². The summed E-state index contributed by atoms with van der Waals surface area (Å²) >= 11 is 0. The van der Waals surface area contributed by atoms with Crippen molar-refractivity contribution in [2.45, 2.75) is 20.0 Å². The van der Waals surface area contributed by atoms with Gasteiger partial charge in [0.2, 0.25) is 0 Å². The van der Waals surface area contributed by atoms with E-state index < -0.39 is 0 Å². The minimum Gasteiger partial charge on any atom is -0.370 e. The number of aromatic nitrogens is 1. The third kappa shape index (κ3) is 2.69. The molecule has 1 aromatic heterocycles. The Morgan fingerprint density at radius 3 is 2.71 bits per heavy atom. The van der Waals surface area contributed by atoms with Crippen LogP contribution in [0.1, 0.15) is 33.5 Å². The fourth-order valence-corrected chi connectivity index (χ4v) is 2.65. The molecule has 1 saturated heterocycles. The summed E-state index contributed by atoms with van der Waals surface area (Å²) in [7, 11) is 0. The smallest absolute Gasteiger partial charge is 0.259 e. The third-order valence-electron chi connectivity index (χ3n) is 3.77. The molecule has 1 atom stereocenters. The Morgan fingerprint density at radius 2 is 2.05 bits per heavy atom. The van der Waals surface area contributed by atoms with Crippen LogP contribution in [0.3, 0.4) is 0 Å². The normalized spacial score (nSPS) is 18.8. The quantitative estimate of drug-likeness (QED) is 0.851. The van der Waals surface area contributed by atoms with Crippen molar-refractivity contribution in [3.8, 4) is 0 Å². The van der Waals surface area contributed by atoms with Gasteiger partial charge in [0.1, 0.15) is 17.4 Å². The van der Waals surface area contributed by atoms with E-state index in [-0.39, 0.29) is 12.0 Å². The number of hydrogen-bond donors (Lipinski definition) is 0. The van der Waals surface area contributed by atoms with E-state index in [1.807, 2.05) is 35.2 Å². The van der Waals surface area contributed by atoms with Gasteiger partial charge in [-0.3, -0.25) is 4.79 Å². The fourth-order valence-electron chi connectivity index (χ4n) is 2.65. The van der Waals surface area contributed by atoms with Crippen LogP contribution in [-0.2, 0) is 4.74 Å². The highest BCUT2D eigenvalue weighted by atomic mass is 16.5. The second-order valence-electron chi connectivity index (χ2n) is 5.22. The first-order valence-electron chi connectivity index (χ1n) is 7.05. The molecule has 110 valence electrons. The van der Waals surface area contributed by atoms with Crippen LogP contribution in [0, 0.1) is 13.8 Å². The lowest BCUT2D eigenvalue weighted by atomic mass is 10.1. The molecule has 0 bridgehead atoms. The fraction of sp³-hybridized carbons (Fsp3) is 0.375. The van der Waals surface area contributed by atoms with Crippen LogP contribution in [0.15, 0.2) is 34.9 Å². The number of aryl methyl sites for hydroxylation is 2. The van der Waals surface area contributed by atoms with Crippen LogP contribution in [0.25, 0.3) is 0 Å². The summed E-state index contributed by atoms with van der Waals surface area (Å²) in [5.74, 6) is 0.538. The zero-order chi connectivity index (χ0) is 14.8. The average molecular weight is 286 g/mol. The van der Waals surface area contributed by atoms with E-state index in [2.05, 4.69) is 5.16 Å². The number of hydrogen-bond acceptors (Lipinski definition) is 4. The van der Waals surface area contributed by atoms with Gasteiger partial charge in [0, 0.05) is 6.54 Å². The Morgan fingerprint density at radius 1 is 1.29 bits per heavy atom. The topological polar surface area (TPSA) is 55.6 Å². The van der Waals surface area contributed by atoms with E-state index in [0.717, 1.165) is 5.56 Å². The van der Waals surface area contributed by atoms with Gasteiger partial charge in [0.25, 0.3) is 5.91 Å². The minimum absolute atomic E-state index is 0.0320. The zero-order valence-electron chi connectivity index (χ0n) is 12.2. The predicted octanol–water partition coefficient (Wildman–Crippen LogP) is 2.51. The van der Waals surface area contributed by atoms with Crippen molar-refractivity contribution in [3.63, 3.8) is 0 Å². The molecule has 1 amide bonds. The molecule has 1 fully saturated rings. The van der Waals surface area contributed by atoms with Gasteiger partial charge in [-0.2, -0.15) is 0 Å². The predicted molar refractivity (Wildman–Crippen MR) is 77.0 cm³/mol. The number of rotatable bonds is 2. The van der Waals surface area contributed by atoms with E-state index >= 15 is 0 Å². The highest BCUT2D eigenvalue weighted by molar-refractivity contribution is 5.96.